The van der Waals surface area contributed by atoms with E-state index in [0.717, 1.165) is 40.8 Å². The van der Waals surface area contributed by atoms with E-state index >= 15 is 0 Å². The Bertz CT molecular complexity index is 1210. The average Bonchev–Trinajstić information content (AvgIpc) is 3.15. The van der Waals surface area contributed by atoms with E-state index in [9.17, 15) is 4.79 Å². The van der Waals surface area contributed by atoms with Crippen LogP contribution in [0.15, 0.2) is 60.8 Å². The number of carbonyl (C=O) groups is 1. The molecule has 0 saturated heterocycles. The lowest BCUT2D eigenvalue weighted by molar-refractivity contribution is 0.0990. The second-order valence-corrected chi connectivity index (χ2v) is 7.50. The summed E-state index contributed by atoms with van der Waals surface area (Å²) in [5.41, 5.74) is 16.3. The molecule has 0 spiro atoms. The molecule has 0 bridgehead atoms. The molecule has 2 heterocycles. The molecule has 2 aromatic heterocycles. The summed E-state index contributed by atoms with van der Waals surface area (Å²) in [6, 6.07) is 18.2. The van der Waals surface area contributed by atoms with Crippen LogP contribution in [-0.4, -0.2) is 25.5 Å². The molecule has 0 unspecified atom stereocenters. The maximum Gasteiger partial charge on any atom is 0.288 e. The van der Waals surface area contributed by atoms with Crippen LogP contribution in [0.2, 0.25) is 0 Å². The van der Waals surface area contributed by atoms with Crippen LogP contribution in [0, 0.1) is 0 Å². The maximum atomic E-state index is 11.5. The van der Waals surface area contributed by atoms with Gasteiger partial charge in [-0.1, -0.05) is 54.6 Å². The Morgan fingerprint density at radius 1 is 0.966 bits per heavy atom. The third-order valence-corrected chi connectivity index (χ3v) is 5.62. The summed E-state index contributed by atoms with van der Waals surface area (Å²) in [6.45, 7) is 0. The third-order valence-electron chi connectivity index (χ3n) is 5.62. The lowest BCUT2D eigenvalue weighted by Crippen LogP contribution is -2.43. The van der Waals surface area contributed by atoms with Crippen LogP contribution in [0.5, 0.6) is 0 Å². The van der Waals surface area contributed by atoms with Crippen molar-refractivity contribution in [2.24, 2.45) is 11.5 Å². The van der Waals surface area contributed by atoms with Crippen LogP contribution in [0.1, 0.15) is 35.4 Å². The Morgan fingerprint density at radius 2 is 1.69 bits per heavy atom. The quantitative estimate of drug-likeness (QED) is 0.562. The largest absolute Gasteiger partial charge is 0.363 e. The van der Waals surface area contributed by atoms with Gasteiger partial charge < -0.3 is 11.5 Å². The molecule has 0 radical (unpaired) electrons. The van der Waals surface area contributed by atoms with Gasteiger partial charge in [0.2, 0.25) is 5.82 Å². The van der Waals surface area contributed by atoms with Crippen LogP contribution in [0.4, 0.5) is 0 Å². The van der Waals surface area contributed by atoms with E-state index < -0.39 is 5.91 Å². The van der Waals surface area contributed by atoms with Crippen molar-refractivity contribution < 1.29 is 4.79 Å². The molecule has 144 valence electrons. The highest BCUT2D eigenvalue weighted by Gasteiger charge is 2.34. The monoisotopic (exact) mass is 384 g/mol. The minimum absolute atomic E-state index is 0.0564. The molecule has 1 aliphatic rings. The van der Waals surface area contributed by atoms with Gasteiger partial charge in [-0.15, -0.1) is 5.10 Å². The third kappa shape index (κ3) is 2.96. The molecule has 4 N–H and O–H groups in total. The number of carbonyl (C=O) groups excluding carboxylic acids is 1. The van der Waals surface area contributed by atoms with Crippen LogP contribution in [0.25, 0.3) is 28.2 Å². The number of primary amides is 1. The Kier molecular flexibility index (Phi) is 3.92. The molecule has 5 rings (SSSR count). The van der Waals surface area contributed by atoms with Crippen molar-refractivity contribution in [3.05, 3.63) is 72.2 Å². The van der Waals surface area contributed by atoms with Crippen molar-refractivity contribution in [3.63, 3.8) is 0 Å². The summed E-state index contributed by atoms with van der Waals surface area (Å²) < 4.78 is 1.49. The van der Waals surface area contributed by atoms with Gasteiger partial charge in [0, 0.05) is 22.9 Å². The Morgan fingerprint density at radius 3 is 2.31 bits per heavy atom. The number of hydrogen-bond donors (Lipinski definition) is 2. The maximum absolute atomic E-state index is 11.5. The number of aromatic nitrogens is 4. The molecule has 1 aliphatic carbocycles. The molecule has 1 amide bonds. The van der Waals surface area contributed by atoms with E-state index in [1.54, 1.807) is 0 Å². The van der Waals surface area contributed by atoms with Crippen molar-refractivity contribution in [1.82, 2.24) is 19.6 Å². The molecule has 1 saturated carbocycles. The highest BCUT2D eigenvalue weighted by atomic mass is 16.1. The Hall–Kier alpha value is -3.58. The van der Waals surface area contributed by atoms with Gasteiger partial charge in [-0.3, -0.25) is 4.79 Å². The topological polar surface area (TPSA) is 112 Å². The predicted molar refractivity (Wildman–Crippen MR) is 110 cm³/mol. The molecule has 7 nitrogen and oxygen atoms in total. The van der Waals surface area contributed by atoms with Crippen molar-refractivity contribution >= 4 is 11.7 Å². The highest BCUT2D eigenvalue weighted by molar-refractivity contribution is 5.89. The van der Waals surface area contributed by atoms with Crippen LogP contribution >= 0.6 is 0 Å². The van der Waals surface area contributed by atoms with Crippen molar-refractivity contribution in [2.45, 2.75) is 24.8 Å². The van der Waals surface area contributed by atoms with Gasteiger partial charge in [0.05, 0.1) is 5.69 Å². The van der Waals surface area contributed by atoms with E-state index in [0.29, 0.717) is 5.78 Å². The van der Waals surface area contributed by atoms with Crippen LogP contribution in [-0.2, 0) is 5.54 Å². The normalized spacial score (nSPS) is 15.2. The number of hydrogen-bond acceptors (Lipinski definition) is 5. The van der Waals surface area contributed by atoms with Crippen LogP contribution in [0.3, 0.4) is 0 Å². The number of nitrogens with two attached hydrogens (primary N) is 2. The first kappa shape index (κ1) is 17.5. The zero-order chi connectivity index (χ0) is 20.0. The van der Waals surface area contributed by atoms with E-state index in [4.69, 9.17) is 16.5 Å². The average molecular weight is 384 g/mol. The molecular weight excluding hydrogens is 364 g/mol. The molecule has 1 fully saturated rings. The first-order chi connectivity index (χ1) is 14.0. The van der Waals surface area contributed by atoms with E-state index in [1.165, 1.54) is 10.9 Å². The fourth-order valence-electron chi connectivity index (χ4n) is 3.78. The lowest BCUT2D eigenvalue weighted by Gasteiger charge is -2.38. The Labute approximate surface area is 167 Å². The number of rotatable bonds is 4. The SMILES string of the molecule is NC(=O)c1nc2nc(-c3ccc(C4(N)CCC4)cc3)c(-c3ccccc3)cn2n1. The van der Waals surface area contributed by atoms with Crippen molar-refractivity contribution in [1.29, 1.82) is 0 Å². The smallest absolute Gasteiger partial charge is 0.288 e. The number of amides is 1. The minimum Gasteiger partial charge on any atom is -0.363 e. The highest BCUT2D eigenvalue weighted by Crippen LogP contribution is 2.39. The summed E-state index contributed by atoms with van der Waals surface area (Å²) in [4.78, 5) is 20.3. The van der Waals surface area contributed by atoms with Gasteiger partial charge in [0.15, 0.2) is 0 Å². The predicted octanol–water partition coefficient (Wildman–Crippen LogP) is 2.90. The zero-order valence-electron chi connectivity index (χ0n) is 15.7. The standard InChI is InChI=1S/C22H20N6O/c23-19(29)20-26-21-25-18(15-7-9-16(10-8-15)22(24)11-4-12-22)17(13-28(21)27-20)14-5-2-1-3-6-14/h1-3,5-10,13H,4,11-12,24H2,(H2,23,29). The van der Waals surface area contributed by atoms with Gasteiger partial charge in [-0.2, -0.15) is 4.98 Å². The van der Waals surface area contributed by atoms with Gasteiger partial charge in [0.25, 0.3) is 11.7 Å². The van der Waals surface area contributed by atoms with Gasteiger partial charge in [-0.25, -0.2) is 9.50 Å². The van der Waals surface area contributed by atoms with E-state index in [2.05, 4.69) is 22.2 Å². The molecule has 4 aromatic rings. The van der Waals surface area contributed by atoms with Crippen molar-refractivity contribution in [3.8, 4) is 22.4 Å². The summed E-state index contributed by atoms with van der Waals surface area (Å²) in [5.74, 6) is -0.415. The zero-order valence-corrected chi connectivity index (χ0v) is 15.7. The lowest BCUT2D eigenvalue weighted by atomic mass is 9.72. The van der Waals surface area contributed by atoms with Gasteiger partial charge in [-0.05, 0) is 30.4 Å². The number of benzene rings is 2. The van der Waals surface area contributed by atoms with Gasteiger partial charge >= 0.3 is 0 Å². The van der Waals surface area contributed by atoms with Crippen LogP contribution < -0.4 is 11.5 Å². The number of fused-ring (bicyclic) bond motifs is 1. The summed E-state index contributed by atoms with van der Waals surface area (Å²) in [5, 5.41) is 4.15. The second-order valence-electron chi connectivity index (χ2n) is 7.50. The van der Waals surface area contributed by atoms with Gasteiger partial charge in [0.1, 0.15) is 0 Å². The first-order valence-electron chi connectivity index (χ1n) is 9.56. The summed E-state index contributed by atoms with van der Waals surface area (Å²) >= 11 is 0. The molecule has 29 heavy (non-hydrogen) atoms. The first-order valence-corrected chi connectivity index (χ1v) is 9.56. The molecular formula is C22H20N6O. The second kappa shape index (κ2) is 6.49. The minimum atomic E-state index is -0.684. The molecule has 7 heteroatoms. The van der Waals surface area contributed by atoms with E-state index in [1.807, 2.05) is 48.7 Å². The summed E-state index contributed by atoms with van der Waals surface area (Å²) in [7, 11) is 0. The van der Waals surface area contributed by atoms with E-state index in [-0.39, 0.29) is 11.4 Å². The van der Waals surface area contributed by atoms with Crippen molar-refractivity contribution in [2.75, 3.05) is 0 Å². The molecule has 0 atom stereocenters. The Balaban J connectivity index is 1.67. The summed E-state index contributed by atoms with van der Waals surface area (Å²) in [6.07, 6.45) is 5.03. The fourth-order valence-corrected chi connectivity index (χ4v) is 3.78. The molecule has 2 aromatic carbocycles. The number of nitrogens with zero attached hydrogens (tertiary/aromatic N) is 4. The molecule has 0 aliphatic heterocycles. The fraction of sp³-hybridized carbons (Fsp3) is 0.182.